The number of nitrogen functional groups attached to an aromatic ring is 1. The van der Waals surface area contributed by atoms with Crippen LogP contribution in [0.15, 0.2) is 48.9 Å². The molecule has 0 unspecified atom stereocenters. The van der Waals surface area contributed by atoms with Gasteiger partial charge in [-0.05, 0) is 37.0 Å². The van der Waals surface area contributed by atoms with Gasteiger partial charge in [0.15, 0.2) is 5.65 Å². The van der Waals surface area contributed by atoms with Gasteiger partial charge in [0.05, 0.1) is 17.5 Å². The zero-order valence-electron chi connectivity index (χ0n) is 18.9. The normalized spacial score (nSPS) is 20.7. The summed E-state index contributed by atoms with van der Waals surface area (Å²) < 4.78 is 15.2. The van der Waals surface area contributed by atoms with Crippen molar-refractivity contribution in [2.45, 2.75) is 24.9 Å². The minimum Gasteiger partial charge on any atom is -0.465 e. The van der Waals surface area contributed by atoms with Gasteiger partial charge in [0.1, 0.15) is 29.5 Å². The SMILES string of the molecule is Nc1ncnc2c1c(-c1cccc(C(=O)Nc3cc(F)ccn3)c1)nn2[C@H]1C[C@H]2C[C@@H]1N(C(=O)O)C2. The van der Waals surface area contributed by atoms with E-state index in [2.05, 4.69) is 20.3 Å². The molecule has 3 atom stereocenters. The number of nitrogens with zero attached hydrogens (tertiary/aromatic N) is 6. The summed E-state index contributed by atoms with van der Waals surface area (Å²) in [7, 11) is 0. The smallest absolute Gasteiger partial charge is 0.407 e. The fourth-order valence-electron chi connectivity index (χ4n) is 5.37. The summed E-state index contributed by atoms with van der Waals surface area (Å²) >= 11 is 0. The maximum absolute atomic E-state index is 13.5. The van der Waals surface area contributed by atoms with E-state index in [4.69, 9.17) is 10.8 Å². The van der Waals surface area contributed by atoms with Crippen LogP contribution in [0.4, 0.5) is 20.8 Å². The summed E-state index contributed by atoms with van der Waals surface area (Å²) in [4.78, 5) is 38.6. The number of pyridine rings is 1. The number of benzene rings is 1. The standard InChI is InChI=1S/C24H21FN8O3/c25-15-4-5-27-18(9-15)30-23(34)14-3-1-2-13(8-14)20-19-21(26)28-11-29-22(19)33(31-20)17-7-12-6-16(17)32(10-12)24(35)36/h1-5,8-9,11-12,16-17H,6-7,10H2,(H,35,36)(H2,26,28,29)(H,27,30,34)/t12-,16+,17+/m1/s1. The number of carbonyl (C=O) groups is 2. The number of piperidine rings is 1. The monoisotopic (exact) mass is 488 g/mol. The van der Waals surface area contributed by atoms with Crippen LogP contribution in [0.1, 0.15) is 29.2 Å². The fourth-order valence-corrected chi connectivity index (χ4v) is 5.37. The molecule has 0 spiro atoms. The lowest BCUT2D eigenvalue weighted by Crippen LogP contribution is -2.42. The van der Waals surface area contributed by atoms with Crippen molar-refractivity contribution < 1.29 is 19.1 Å². The van der Waals surface area contributed by atoms with Crippen LogP contribution < -0.4 is 11.1 Å². The Hall–Kier alpha value is -4.61. The number of carboxylic acid groups (broad SMARTS) is 1. The molecule has 1 aliphatic carbocycles. The number of nitrogens with two attached hydrogens (primary N) is 1. The Morgan fingerprint density at radius 1 is 1.11 bits per heavy atom. The zero-order valence-corrected chi connectivity index (χ0v) is 18.9. The second kappa shape index (κ2) is 8.26. The molecule has 2 fully saturated rings. The quantitative estimate of drug-likeness (QED) is 0.396. The van der Waals surface area contributed by atoms with Gasteiger partial charge in [-0.15, -0.1) is 0 Å². The molecule has 11 nitrogen and oxygen atoms in total. The average molecular weight is 488 g/mol. The van der Waals surface area contributed by atoms with E-state index in [1.54, 1.807) is 28.9 Å². The number of hydrogen-bond donors (Lipinski definition) is 3. The molecule has 4 N–H and O–H groups in total. The van der Waals surface area contributed by atoms with E-state index in [0.29, 0.717) is 34.4 Å². The van der Waals surface area contributed by atoms with E-state index in [1.807, 2.05) is 0 Å². The van der Waals surface area contributed by atoms with Gasteiger partial charge >= 0.3 is 6.09 Å². The van der Waals surface area contributed by atoms with Gasteiger partial charge in [0, 0.05) is 29.9 Å². The molecular formula is C24H21FN8O3. The van der Waals surface area contributed by atoms with Gasteiger partial charge < -0.3 is 21.1 Å². The Morgan fingerprint density at radius 2 is 1.94 bits per heavy atom. The van der Waals surface area contributed by atoms with Crippen molar-refractivity contribution in [3.8, 4) is 11.3 Å². The Bertz CT molecular complexity index is 1520. The number of aromatic nitrogens is 5. The highest BCUT2D eigenvalue weighted by molar-refractivity contribution is 6.05. The fraction of sp³-hybridized carbons (Fsp3) is 0.250. The molecule has 182 valence electrons. The van der Waals surface area contributed by atoms with Crippen molar-refractivity contribution in [3.05, 3.63) is 60.3 Å². The number of amides is 2. The van der Waals surface area contributed by atoms with Crippen LogP contribution in [-0.2, 0) is 0 Å². The molecule has 1 saturated heterocycles. The van der Waals surface area contributed by atoms with Crippen LogP contribution in [0, 0.1) is 11.7 Å². The molecule has 12 heteroatoms. The Kier molecular flexibility index (Phi) is 5.02. The summed E-state index contributed by atoms with van der Waals surface area (Å²) in [5.41, 5.74) is 8.17. The molecule has 1 aliphatic heterocycles. The van der Waals surface area contributed by atoms with Crippen LogP contribution in [0.25, 0.3) is 22.3 Å². The van der Waals surface area contributed by atoms with Gasteiger partial charge in [-0.25, -0.2) is 28.8 Å². The van der Waals surface area contributed by atoms with E-state index in [1.165, 1.54) is 23.5 Å². The highest BCUT2D eigenvalue weighted by atomic mass is 19.1. The summed E-state index contributed by atoms with van der Waals surface area (Å²) in [6.07, 6.45) is 3.25. The van der Waals surface area contributed by atoms with Gasteiger partial charge in [-0.3, -0.25) is 4.79 Å². The molecule has 36 heavy (non-hydrogen) atoms. The Balaban J connectivity index is 1.39. The van der Waals surface area contributed by atoms with Gasteiger partial charge in [-0.1, -0.05) is 12.1 Å². The summed E-state index contributed by atoms with van der Waals surface area (Å²) in [6.45, 7) is 0.525. The number of nitrogens with one attached hydrogen (secondary N) is 1. The maximum Gasteiger partial charge on any atom is 0.407 e. The lowest BCUT2D eigenvalue weighted by Gasteiger charge is -2.31. The number of halogens is 1. The maximum atomic E-state index is 13.5. The minimum atomic E-state index is -0.940. The van der Waals surface area contributed by atoms with Gasteiger partial charge in [0.25, 0.3) is 5.91 Å². The van der Waals surface area contributed by atoms with Crippen molar-refractivity contribution >= 4 is 34.7 Å². The lowest BCUT2D eigenvalue weighted by molar-refractivity contribution is 0.102. The minimum absolute atomic E-state index is 0.0945. The van der Waals surface area contributed by atoms with E-state index in [9.17, 15) is 19.1 Å². The Morgan fingerprint density at radius 3 is 2.72 bits per heavy atom. The third-order valence-corrected chi connectivity index (χ3v) is 6.89. The largest absolute Gasteiger partial charge is 0.465 e. The second-order valence-corrected chi connectivity index (χ2v) is 9.05. The van der Waals surface area contributed by atoms with Crippen LogP contribution in [0.5, 0.6) is 0 Å². The molecule has 6 rings (SSSR count). The van der Waals surface area contributed by atoms with Crippen molar-refractivity contribution in [2.75, 3.05) is 17.6 Å². The number of carbonyl (C=O) groups excluding carboxylic acids is 1. The predicted octanol–water partition coefficient (Wildman–Crippen LogP) is 3.18. The number of likely N-dealkylation sites (tertiary alicyclic amines) is 1. The molecule has 1 aromatic carbocycles. The van der Waals surface area contributed by atoms with E-state index in [-0.39, 0.29) is 29.6 Å². The predicted molar refractivity (Wildman–Crippen MR) is 128 cm³/mol. The summed E-state index contributed by atoms with van der Waals surface area (Å²) in [5.74, 6) is -0.381. The molecule has 1 saturated carbocycles. The first-order valence-corrected chi connectivity index (χ1v) is 11.4. The first-order chi connectivity index (χ1) is 17.4. The van der Waals surface area contributed by atoms with Gasteiger partial charge in [-0.2, -0.15) is 5.10 Å². The highest BCUT2D eigenvalue weighted by Gasteiger charge is 2.49. The highest BCUT2D eigenvalue weighted by Crippen LogP contribution is 2.46. The Labute approximate surface area is 203 Å². The van der Waals surface area contributed by atoms with Crippen LogP contribution in [-0.4, -0.2) is 59.3 Å². The molecular weight excluding hydrogens is 467 g/mol. The first kappa shape index (κ1) is 21.9. The molecule has 4 heterocycles. The molecule has 2 bridgehead atoms. The third kappa shape index (κ3) is 3.58. The van der Waals surface area contributed by atoms with Crippen LogP contribution in [0.2, 0.25) is 0 Å². The summed E-state index contributed by atoms with van der Waals surface area (Å²) in [6, 6.07) is 8.71. The number of fused-ring (bicyclic) bond motifs is 3. The molecule has 4 aromatic rings. The van der Waals surface area contributed by atoms with Crippen LogP contribution in [0.3, 0.4) is 0 Å². The molecule has 2 amide bonds. The van der Waals surface area contributed by atoms with Crippen LogP contribution >= 0.6 is 0 Å². The zero-order chi connectivity index (χ0) is 25.0. The molecule has 3 aromatic heterocycles. The van der Waals surface area contributed by atoms with E-state index >= 15 is 0 Å². The topological polar surface area (TPSA) is 152 Å². The summed E-state index contributed by atoms with van der Waals surface area (Å²) in [5, 5.41) is 17.6. The third-order valence-electron chi connectivity index (χ3n) is 6.89. The second-order valence-electron chi connectivity index (χ2n) is 9.05. The average Bonchev–Trinajstić information content (AvgIpc) is 3.57. The lowest BCUT2D eigenvalue weighted by atomic mass is 10.1. The molecule has 0 radical (unpaired) electrons. The molecule has 2 aliphatic rings. The van der Waals surface area contributed by atoms with Crippen molar-refractivity contribution in [1.29, 1.82) is 0 Å². The number of anilines is 2. The van der Waals surface area contributed by atoms with Crippen molar-refractivity contribution in [1.82, 2.24) is 29.6 Å². The van der Waals surface area contributed by atoms with E-state index in [0.717, 1.165) is 18.9 Å². The first-order valence-electron chi connectivity index (χ1n) is 11.4. The van der Waals surface area contributed by atoms with E-state index < -0.39 is 17.8 Å². The number of hydrogen-bond acceptors (Lipinski definition) is 7. The van der Waals surface area contributed by atoms with Crippen molar-refractivity contribution in [2.24, 2.45) is 5.92 Å². The number of rotatable bonds is 4. The van der Waals surface area contributed by atoms with Gasteiger partial charge in [0.2, 0.25) is 0 Å². The van der Waals surface area contributed by atoms with Crippen molar-refractivity contribution in [3.63, 3.8) is 0 Å².